The molecule has 5 heteroatoms. The first-order chi connectivity index (χ1) is 14.8. The lowest BCUT2D eigenvalue weighted by atomic mass is 9.87. The number of amides is 1. The van der Waals surface area contributed by atoms with E-state index in [1.54, 1.807) is 0 Å². The molecule has 0 fully saturated rings. The lowest BCUT2D eigenvalue weighted by Crippen LogP contribution is -2.20. The van der Waals surface area contributed by atoms with E-state index in [2.05, 4.69) is 36.1 Å². The van der Waals surface area contributed by atoms with Crippen LogP contribution in [0, 0.1) is 6.92 Å². The summed E-state index contributed by atoms with van der Waals surface area (Å²) in [6.45, 7) is 8.40. The Balaban J connectivity index is 1.44. The minimum Gasteiger partial charge on any atom is -0.484 e. The van der Waals surface area contributed by atoms with Crippen LogP contribution in [0.2, 0.25) is 0 Å². The van der Waals surface area contributed by atoms with Gasteiger partial charge in [-0.2, -0.15) is 0 Å². The van der Waals surface area contributed by atoms with Gasteiger partial charge < -0.3 is 15.0 Å². The van der Waals surface area contributed by atoms with Gasteiger partial charge in [-0.15, -0.1) is 0 Å². The predicted molar refractivity (Wildman–Crippen MR) is 126 cm³/mol. The van der Waals surface area contributed by atoms with Crippen molar-refractivity contribution >= 4 is 22.6 Å². The molecule has 3 aromatic carbocycles. The lowest BCUT2D eigenvalue weighted by Gasteiger charge is -2.19. The number of aromatic amines is 1. The molecule has 1 amide bonds. The third-order valence-corrected chi connectivity index (χ3v) is 5.26. The van der Waals surface area contributed by atoms with E-state index in [-0.39, 0.29) is 17.9 Å². The summed E-state index contributed by atoms with van der Waals surface area (Å²) in [5.74, 6) is 1.24. The van der Waals surface area contributed by atoms with E-state index in [9.17, 15) is 4.79 Å². The highest BCUT2D eigenvalue weighted by atomic mass is 16.5. The number of fused-ring (bicyclic) bond motifs is 1. The van der Waals surface area contributed by atoms with Crippen LogP contribution in [0.3, 0.4) is 0 Å². The molecule has 0 spiro atoms. The Labute approximate surface area is 182 Å². The van der Waals surface area contributed by atoms with Gasteiger partial charge in [-0.3, -0.25) is 4.79 Å². The molecule has 158 valence electrons. The number of para-hydroxylation sites is 2. The number of carbonyl (C=O) groups excluding carboxylic acids is 1. The summed E-state index contributed by atoms with van der Waals surface area (Å²) in [4.78, 5) is 20.5. The van der Waals surface area contributed by atoms with E-state index in [1.165, 1.54) is 5.56 Å². The number of nitrogens with one attached hydrogen (secondary N) is 2. The van der Waals surface area contributed by atoms with Gasteiger partial charge in [0.05, 0.1) is 11.0 Å². The summed E-state index contributed by atoms with van der Waals surface area (Å²) in [7, 11) is 0. The van der Waals surface area contributed by atoms with E-state index in [0.717, 1.165) is 33.7 Å². The highest BCUT2D eigenvalue weighted by Crippen LogP contribution is 2.26. The third-order valence-electron chi connectivity index (χ3n) is 5.26. The predicted octanol–water partition coefficient (Wildman–Crippen LogP) is 5.85. The molecule has 0 saturated carbocycles. The quantitative estimate of drug-likeness (QED) is 0.431. The summed E-state index contributed by atoms with van der Waals surface area (Å²) >= 11 is 0. The Hall–Kier alpha value is -3.60. The average molecular weight is 414 g/mol. The van der Waals surface area contributed by atoms with Crippen molar-refractivity contribution in [2.24, 2.45) is 0 Å². The maximum absolute atomic E-state index is 12.5. The van der Waals surface area contributed by atoms with Gasteiger partial charge in [-0.1, -0.05) is 57.2 Å². The first-order valence-electron chi connectivity index (χ1n) is 10.4. The number of nitrogens with zero attached hydrogens (tertiary/aromatic N) is 1. The Morgan fingerprint density at radius 1 is 1.03 bits per heavy atom. The number of imidazole rings is 1. The van der Waals surface area contributed by atoms with Crippen LogP contribution in [0.5, 0.6) is 5.75 Å². The molecule has 0 aliphatic carbocycles. The maximum Gasteiger partial charge on any atom is 0.262 e. The molecule has 1 heterocycles. The summed E-state index contributed by atoms with van der Waals surface area (Å²) in [6.07, 6.45) is 0. The first-order valence-corrected chi connectivity index (χ1v) is 10.4. The van der Waals surface area contributed by atoms with Crippen LogP contribution < -0.4 is 10.1 Å². The molecule has 4 aromatic rings. The van der Waals surface area contributed by atoms with Crippen molar-refractivity contribution in [1.82, 2.24) is 9.97 Å². The summed E-state index contributed by atoms with van der Waals surface area (Å²) < 4.78 is 5.67. The second kappa shape index (κ2) is 8.26. The van der Waals surface area contributed by atoms with Crippen molar-refractivity contribution in [3.05, 3.63) is 77.9 Å². The average Bonchev–Trinajstić information content (AvgIpc) is 3.18. The van der Waals surface area contributed by atoms with E-state index in [4.69, 9.17) is 4.74 Å². The molecular weight excluding hydrogens is 386 g/mol. The molecular formula is C26H27N3O2. The number of rotatable bonds is 5. The fourth-order valence-corrected chi connectivity index (χ4v) is 3.38. The molecule has 0 radical (unpaired) electrons. The number of ether oxygens (including phenoxy) is 1. The molecule has 0 bridgehead atoms. The molecule has 5 nitrogen and oxygen atoms in total. The number of aromatic nitrogens is 2. The summed E-state index contributed by atoms with van der Waals surface area (Å²) in [5, 5.41) is 2.95. The summed E-state index contributed by atoms with van der Waals surface area (Å²) in [5.41, 5.74) is 5.83. The Morgan fingerprint density at radius 2 is 1.77 bits per heavy atom. The first kappa shape index (κ1) is 20.7. The molecule has 4 rings (SSSR count). The van der Waals surface area contributed by atoms with E-state index in [1.807, 2.05) is 73.7 Å². The van der Waals surface area contributed by atoms with Crippen molar-refractivity contribution in [3.63, 3.8) is 0 Å². The van der Waals surface area contributed by atoms with Gasteiger partial charge in [0.15, 0.2) is 6.61 Å². The van der Waals surface area contributed by atoms with Gasteiger partial charge in [0.1, 0.15) is 11.6 Å². The van der Waals surface area contributed by atoms with E-state index < -0.39 is 0 Å². The standard InChI is InChI=1S/C26H27N3O2/c1-17-9-10-18(25-28-21-7-5-6-8-22(21)29-25)15-23(17)27-24(30)16-31-20-13-11-19(12-14-20)26(2,3)4/h5-15H,16H2,1-4H3,(H,27,30)(H,28,29). The topological polar surface area (TPSA) is 67.0 Å². The largest absolute Gasteiger partial charge is 0.484 e. The third kappa shape index (κ3) is 4.77. The minimum absolute atomic E-state index is 0.0524. The zero-order chi connectivity index (χ0) is 22.0. The van der Waals surface area contributed by atoms with Crippen molar-refractivity contribution in [2.45, 2.75) is 33.1 Å². The van der Waals surface area contributed by atoms with Gasteiger partial charge in [-0.05, 0) is 53.8 Å². The van der Waals surface area contributed by atoms with Gasteiger partial charge in [0.2, 0.25) is 0 Å². The second-order valence-electron chi connectivity index (χ2n) is 8.74. The smallest absolute Gasteiger partial charge is 0.262 e. The molecule has 0 aliphatic rings. The lowest BCUT2D eigenvalue weighted by molar-refractivity contribution is -0.118. The van der Waals surface area contributed by atoms with Crippen LogP contribution in [0.25, 0.3) is 22.4 Å². The van der Waals surface area contributed by atoms with Crippen molar-refractivity contribution in [2.75, 3.05) is 11.9 Å². The van der Waals surface area contributed by atoms with Crippen molar-refractivity contribution < 1.29 is 9.53 Å². The number of H-pyrrole nitrogens is 1. The Bertz CT molecular complexity index is 1180. The minimum atomic E-state index is -0.204. The zero-order valence-corrected chi connectivity index (χ0v) is 18.3. The summed E-state index contributed by atoms with van der Waals surface area (Å²) in [6, 6.07) is 21.7. The van der Waals surface area contributed by atoms with Crippen molar-refractivity contribution in [1.29, 1.82) is 0 Å². The SMILES string of the molecule is Cc1ccc(-c2nc3ccccc3[nH]2)cc1NC(=O)COc1ccc(C(C)(C)C)cc1. The molecule has 0 saturated heterocycles. The van der Waals surface area contributed by atoms with Crippen LogP contribution >= 0.6 is 0 Å². The monoisotopic (exact) mass is 413 g/mol. The van der Waals surface area contributed by atoms with Gasteiger partial charge in [0.25, 0.3) is 5.91 Å². The van der Waals surface area contributed by atoms with Crippen LogP contribution in [0.1, 0.15) is 31.9 Å². The van der Waals surface area contributed by atoms with E-state index >= 15 is 0 Å². The van der Waals surface area contributed by atoms with Gasteiger partial charge in [0, 0.05) is 11.3 Å². The Morgan fingerprint density at radius 3 is 2.48 bits per heavy atom. The fraction of sp³-hybridized carbons (Fsp3) is 0.231. The second-order valence-corrected chi connectivity index (χ2v) is 8.74. The normalized spacial score (nSPS) is 11.5. The number of aryl methyl sites for hydroxylation is 1. The molecule has 31 heavy (non-hydrogen) atoms. The number of carbonyl (C=O) groups is 1. The maximum atomic E-state index is 12.5. The van der Waals surface area contributed by atoms with Gasteiger partial charge >= 0.3 is 0 Å². The van der Waals surface area contributed by atoms with Crippen LogP contribution in [0.15, 0.2) is 66.7 Å². The highest BCUT2D eigenvalue weighted by molar-refractivity contribution is 5.93. The molecule has 1 aromatic heterocycles. The fourth-order valence-electron chi connectivity index (χ4n) is 3.38. The molecule has 0 aliphatic heterocycles. The van der Waals surface area contributed by atoms with Crippen molar-refractivity contribution in [3.8, 4) is 17.1 Å². The van der Waals surface area contributed by atoms with Crippen LogP contribution in [-0.4, -0.2) is 22.5 Å². The van der Waals surface area contributed by atoms with E-state index in [0.29, 0.717) is 5.75 Å². The highest BCUT2D eigenvalue weighted by Gasteiger charge is 2.14. The number of anilines is 1. The number of benzene rings is 3. The molecule has 0 unspecified atom stereocenters. The van der Waals surface area contributed by atoms with Crippen LogP contribution in [0.4, 0.5) is 5.69 Å². The zero-order valence-electron chi connectivity index (χ0n) is 18.3. The van der Waals surface area contributed by atoms with Gasteiger partial charge in [-0.25, -0.2) is 4.98 Å². The molecule has 0 atom stereocenters. The molecule has 2 N–H and O–H groups in total. The number of hydrogen-bond donors (Lipinski definition) is 2. The Kier molecular flexibility index (Phi) is 5.51. The van der Waals surface area contributed by atoms with Crippen LogP contribution in [-0.2, 0) is 10.2 Å². The number of hydrogen-bond acceptors (Lipinski definition) is 3.